The summed E-state index contributed by atoms with van der Waals surface area (Å²) in [5, 5.41) is 2.49. The number of amides is 1. The first-order valence-corrected chi connectivity index (χ1v) is 12.8. The average Bonchev–Trinajstić information content (AvgIpc) is 3.17. The molecule has 0 bridgehead atoms. The van der Waals surface area contributed by atoms with Gasteiger partial charge in [-0.3, -0.25) is 14.7 Å². The third-order valence-corrected chi connectivity index (χ3v) is 6.46. The third-order valence-electron chi connectivity index (χ3n) is 5.70. The van der Waals surface area contributed by atoms with Gasteiger partial charge in [-0.25, -0.2) is 26.9 Å². The Hall–Kier alpha value is -3.65. The highest BCUT2D eigenvalue weighted by Crippen LogP contribution is 2.38. The Kier molecular flexibility index (Phi) is 7.41. The van der Waals surface area contributed by atoms with Crippen LogP contribution in [0, 0.1) is 11.6 Å². The summed E-state index contributed by atoms with van der Waals surface area (Å²) < 4.78 is 90.1. The maximum Gasteiger partial charge on any atom is 0.387 e. The number of benzene rings is 2. The average molecular weight is 543 g/mol. The molecule has 1 aromatic heterocycles. The summed E-state index contributed by atoms with van der Waals surface area (Å²) in [6, 6.07) is 6.45. The number of aromatic nitrogens is 2. The Morgan fingerprint density at radius 3 is 2.27 bits per heavy atom. The summed E-state index contributed by atoms with van der Waals surface area (Å²) in [6.45, 7) is -3.03. The van der Waals surface area contributed by atoms with E-state index < -0.39 is 39.9 Å². The minimum Gasteiger partial charge on any atom is -0.497 e. The van der Waals surface area contributed by atoms with Crippen LogP contribution in [0.15, 0.2) is 42.6 Å². The molecule has 2 N–H and O–H groups in total. The molecule has 1 saturated carbocycles. The van der Waals surface area contributed by atoms with Crippen molar-refractivity contribution in [3.8, 4) is 17.2 Å². The SMILES string of the molecule is COc1cc(F)c(-n2cc(C3CC(NS(C)(=O)=O)C3)nc2NC(=O)c2ccc(OC(F)F)cc2)c(F)c1. The van der Waals surface area contributed by atoms with E-state index in [4.69, 9.17) is 4.74 Å². The molecule has 0 unspecified atom stereocenters. The van der Waals surface area contributed by atoms with E-state index in [1.54, 1.807) is 0 Å². The van der Waals surface area contributed by atoms with Crippen molar-refractivity contribution in [1.29, 1.82) is 0 Å². The largest absolute Gasteiger partial charge is 0.497 e. The zero-order chi connectivity index (χ0) is 26.9. The summed E-state index contributed by atoms with van der Waals surface area (Å²) in [7, 11) is -2.15. The number of carbonyl (C=O) groups excluding carboxylic acids is 1. The topological polar surface area (TPSA) is 112 Å². The lowest BCUT2D eigenvalue weighted by Crippen LogP contribution is -2.42. The Balaban J connectivity index is 1.64. The molecule has 0 atom stereocenters. The van der Waals surface area contributed by atoms with Crippen LogP contribution in [-0.2, 0) is 10.0 Å². The molecule has 1 aliphatic carbocycles. The van der Waals surface area contributed by atoms with Crippen molar-refractivity contribution in [3.05, 3.63) is 65.5 Å². The molecule has 0 spiro atoms. The first-order valence-electron chi connectivity index (χ1n) is 10.9. The first kappa shape index (κ1) is 26.4. The number of halogens is 4. The van der Waals surface area contributed by atoms with Gasteiger partial charge in [-0.05, 0) is 37.1 Å². The lowest BCUT2D eigenvalue weighted by Gasteiger charge is -2.34. The molecule has 1 aliphatic rings. The number of imidazole rings is 1. The standard InChI is InChI=1S/C23H22F4N4O5S/c1-35-16-9-17(24)20(18(25)10-16)31-11-19(13-7-14(8-13)30-37(2,33)34)28-23(31)29-21(32)12-3-5-15(6-4-12)36-22(26)27/h3-6,9-11,13-14,22,30H,7-8H2,1-2H3,(H,28,29,32). The van der Waals surface area contributed by atoms with Crippen LogP contribution in [0.4, 0.5) is 23.5 Å². The zero-order valence-corrected chi connectivity index (χ0v) is 20.4. The minimum atomic E-state index is -3.40. The molecule has 4 rings (SSSR count). The maximum absolute atomic E-state index is 14.9. The fraction of sp³-hybridized carbons (Fsp3) is 0.304. The van der Waals surface area contributed by atoms with Crippen LogP contribution in [0.25, 0.3) is 5.69 Å². The van der Waals surface area contributed by atoms with Crippen molar-refractivity contribution >= 4 is 21.9 Å². The van der Waals surface area contributed by atoms with Gasteiger partial charge in [-0.2, -0.15) is 8.78 Å². The number of nitrogens with zero attached hydrogens (tertiary/aromatic N) is 2. The Morgan fingerprint density at radius 1 is 1.11 bits per heavy atom. The van der Waals surface area contributed by atoms with E-state index in [-0.39, 0.29) is 35.0 Å². The molecular formula is C23H22F4N4O5S. The molecule has 1 amide bonds. The molecule has 0 saturated heterocycles. The predicted molar refractivity (Wildman–Crippen MR) is 125 cm³/mol. The molecular weight excluding hydrogens is 520 g/mol. The van der Waals surface area contributed by atoms with Gasteiger partial charge in [0, 0.05) is 35.9 Å². The number of anilines is 1. The number of nitrogens with one attached hydrogen (secondary N) is 2. The predicted octanol–water partition coefficient (Wildman–Crippen LogP) is 3.81. The monoisotopic (exact) mass is 542 g/mol. The van der Waals surface area contributed by atoms with E-state index in [9.17, 15) is 30.8 Å². The van der Waals surface area contributed by atoms with Crippen molar-refractivity contribution in [2.45, 2.75) is 31.4 Å². The number of rotatable bonds is 9. The van der Waals surface area contributed by atoms with Crippen LogP contribution >= 0.6 is 0 Å². The van der Waals surface area contributed by atoms with Gasteiger partial charge in [0.05, 0.1) is 19.1 Å². The lowest BCUT2D eigenvalue weighted by molar-refractivity contribution is -0.0498. The fourth-order valence-corrected chi connectivity index (χ4v) is 4.76. The molecule has 1 heterocycles. The quantitative estimate of drug-likeness (QED) is 0.398. The van der Waals surface area contributed by atoms with Crippen molar-refractivity contribution in [1.82, 2.24) is 14.3 Å². The molecule has 3 aromatic rings. The normalized spacial score (nSPS) is 17.4. The van der Waals surface area contributed by atoms with Crippen LogP contribution in [0.5, 0.6) is 11.5 Å². The summed E-state index contributed by atoms with van der Waals surface area (Å²) >= 11 is 0. The molecule has 0 radical (unpaired) electrons. The molecule has 9 nitrogen and oxygen atoms in total. The van der Waals surface area contributed by atoms with Gasteiger partial charge in [0.15, 0.2) is 11.6 Å². The Bertz CT molecular complexity index is 1380. The second-order valence-electron chi connectivity index (χ2n) is 8.41. The van der Waals surface area contributed by atoms with Crippen molar-refractivity contribution in [3.63, 3.8) is 0 Å². The van der Waals surface area contributed by atoms with Gasteiger partial charge in [0.2, 0.25) is 16.0 Å². The van der Waals surface area contributed by atoms with E-state index in [1.165, 1.54) is 37.6 Å². The van der Waals surface area contributed by atoms with E-state index in [0.717, 1.165) is 23.0 Å². The second kappa shape index (κ2) is 10.4. The van der Waals surface area contributed by atoms with E-state index in [1.807, 2.05) is 0 Å². The summed E-state index contributed by atoms with van der Waals surface area (Å²) in [5.41, 5.74) is -0.0766. The molecule has 198 valence electrons. The molecule has 0 aliphatic heterocycles. The van der Waals surface area contributed by atoms with Gasteiger partial charge < -0.3 is 9.47 Å². The molecule has 37 heavy (non-hydrogen) atoms. The zero-order valence-electron chi connectivity index (χ0n) is 19.5. The molecule has 1 fully saturated rings. The number of hydrogen-bond acceptors (Lipinski definition) is 6. The fourth-order valence-electron chi connectivity index (χ4n) is 3.96. The highest BCUT2D eigenvalue weighted by Gasteiger charge is 2.35. The number of alkyl halides is 2. The summed E-state index contributed by atoms with van der Waals surface area (Å²) in [5.74, 6) is -3.31. The highest BCUT2D eigenvalue weighted by molar-refractivity contribution is 7.88. The van der Waals surface area contributed by atoms with Gasteiger partial charge in [0.25, 0.3) is 5.91 Å². The second-order valence-corrected chi connectivity index (χ2v) is 10.2. The van der Waals surface area contributed by atoms with E-state index >= 15 is 0 Å². The van der Waals surface area contributed by atoms with Gasteiger partial charge >= 0.3 is 6.61 Å². The Morgan fingerprint density at radius 2 is 1.73 bits per heavy atom. The van der Waals surface area contributed by atoms with Crippen LogP contribution in [0.1, 0.15) is 34.8 Å². The van der Waals surface area contributed by atoms with Gasteiger partial charge in [-0.15, -0.1) is 0 Å². The van der Waals surface area contributed by atoms with Crippen molar-refractivity contribution < 1.29 is 40.2 Å². The van der Waals surface area contributed by atoms with Crippen LogP contribution in [-0.4, -0.2) is 49.9 Å². The number of hydrogen-bond donors (Lipinski definition) is 2. The number of methoxy groups -OCH3 is 1. The minimum absolute atomic E-state index is 0.0504. The number of carbonyl (C=O) groups is 1. The molecule has 2 aromatic carbocycles. The maximum atomic E-state index is 14.9. The van der Waals surface area contributed by atoms with Crippen LogP contribution in [0.3, 0.4) is 0 Å². The van der Waals surface area contributed by atoms with Crippen LogP contribution < -0.4 is 19.5 Å². The van der Waals surface area contributed by atoms with Gasteiger partial charge in [-0.1, -0.05) is 0 Å². The van der Waals surface area contributed by atoms with E-state index in [0.29, 0.717) is 18.5 Å². The smallest absolute Gasteiger partial charge is 0.387 e. The number of ether oxygens (including phenoxy) is 2. The highest BCUT2D eigenvalue weighted by atomic mass is 32.2. The van der Waals surface area contributed by atoms with Crippen LogP contribution in [0.2, 0.25) is 0 Å². The number of sulfonamides is 1. The van der Waals surface area contributed by atoms with Crippen molar-refractivity contribution in [2.75, 3.05) is 18.7 Å². The van der Waals surface area contributed by atoms with Crippen molar-refractivity contribution in [2.24, 2.45) is 0 Å². The summed E-state index contributed by atoms with van der Waals surface area (Å²) in [4.78, 5) is 17.2. The third kappa shape index (κ3) is 6.20. The molecule has 14 heteroatoms. The Labute approximate surface area is 209 Å². The summed E-state index contributed by atoms with van der Waals surface area (Å²) in [6.07, 6.45) is 3.21. The van der Waals surface area contributed by atoms with Gasteiger partial charge in [0.1, 0.15) is 17.2 Å². The lowest BCUT2D eigenvalue weighted by atomic mass is 9.79. The first-order chi connectivity index (χ1) is 17.4. The van der Waals surface area contributed by atoms with E-state index in [2.05, 4.69) is 19.8 Å².